The van der Waals surface area contributed by atoms with Crippen molar-refractivity contribution in [2.24, 2.45) is 0 Å². The van der Waals surface area contributed by atoms with E-state index in [9.17, 15) is 14.7 Å². The predicted molar refractivity (Wildman–Crippen MR) is 103 cm³/mol. The van der Waals surface area contributed by atoms with Crippen LogP contribution in [0.1, 0.15) is 41.3 Å². The molecule has 0 aliphatic heterocycles. The van der Waals surface area contributed by atoms with Gasteiger partial charge in [-0.25, -0.2) is 0 Å². The number of benzene rings is 2. The SMILES string of the molecule is Cc1c(C(=O)NCC(=O)O)cc(Cl)c(Oc2ccc(O)c(C(C)C)c2)c1Cl. The van der Waals surface area contributed by atoms with E-state index in [-0.39, 0.29) is 33.0 Å². The summed E-state index contributed by atoms with van der Waals surface area (Å²) in [5.41, 5.74) is 1.27. The lowest BCUT2D eigenvalue weighted by Gasteiger charge is -2.16. The molecular formula is C19H19Cl2NO5. The van der Waals surface area contributed by atoms with Crippen molar-refractivity contribution >= 4 is 35.1 Å². The van der Waals surface area contributed by atoms with Crippen molar-refractivity contribution in [2.75, 3.05) is 6.54 Å². The summed E-state index contributed by atoms with van der Waals surface area (Å²) in [6.07, 6.45) is 0. The summed E-state index contributed by atoms with van der Waals surface area (Å²) in [4.78, 5) is 22.7. The van der Waals surface area contributed by atoms with Crippen molar-refractivity contribution < 1.29 is 24.5 Å². The minimum absolute atomic E-state index is 0.0848. The van der Waals surface area contributed by atoms with Gasteiger partial charge in [0, 0.05) is 11.1 Å². The van der Waals surface area contributed by atoms with E-state index in [2.05, 4.69) is 5.32 Å². The monoisotopic (exact) mass is 411 g/mol. The fourth-order valence-electron chi connectivity index (χ4n) is 2.45. The Hall–Kier alpha value is -2.44. The quantitative estimate of drug-likeness (QED) is 0.637. The Morgan fingerprint density at radius 3 is 2.48 bits per heavy atom. The Kier molecular flexibility index (Phi) is 6.57. The zero-order valence-corrected chi connectivity index (χ0v) is 16.5. The van der Waals surface area contributed by atoms with E-state index >= 15 is 0 Å². The zero-order chi connectivity index (χ0) is 20.3. The van der Waals surface area contributed by atoms with Crippen LogP contribution in [0.2, 0.25) is 10.0 Å². The number of carbonyl (C=O) groups is 2. The topological polar surface area (TPSA) is 95.9 Å². The molecule has 2 rings (SSSR count). The lowest BCUT2D eigenvalue weighted by molar-refractivity contribution is -0.135. The summed E-state index contributed by atoms with van der Waals surface area (Å²) in [6.45, 7) is 4.97. The minimum Gasteiger partial charge on any atom is -0.508 e. The highest BCUT2D eigenvalue weighted by molar-refractivity contribution is 6.38. The van der Waals surface area contributed by atoms with Crippen molar-refractivity contribution in [3.63, 3.8) is 0 Å². The Morgan fingerprint density at radius 1 is 1.22 bits per heavy atom. The molecule has 2 aromatic rings. The number of carboxylic acid groups (broad SMARTS) is 1. The van der Waals surface area contributed by atoms with Gasteiger partial charge in [0.2, 0.25) is 0 Å². The van der Waals surface area contributed by atoms with Crippen molar-refractivity contribution in [3.05, 3.63) is 51.0 Å². The van der Waals surface area contributed by atoms with Crippen LogP contribution < -0.4 is 10.1 Å². The highest BCUT2D eigenvalue weighted by Crippen LogP contribution is 2.41. The molecule has 0 bridgehead atoms. The van der Waals surface area contributed by atoms with E-state index in [1.54, 1.807) is 19.1 Å². The number of nitrogens with one attached hydrogen (secondary N) is 1. The van der Waals surface area contributed by atoms with Gasteiger partial charge in [0.05, 0.1) is 10.0 Å². The second-order valence-electron chi connectivity index (χ2n) is 6.23. The second-order valence-corrected chi connectivity index (χ2v) is 7.01. The number of amides is 1. The molecule has 0 aliphatic carbocycles. The number of phenolic OH excluding ortho intramolecular Hbond substituents is 1. The Bertz CT molecular complexity index is 896. The smallest absolute Gasteiger partial charge is 0.322 e. The number of aliphatic carboxylic acids is 1. The number of phenols is 1. The van der Waals surface area contributed by atoms with Crippen LogP contribution in [0.25, 0.3) is 0 Å². The molecule has 0 heterocycles. The molecule has 3 N–H and O–H groups in total. The van der Waals surface area contributed by atoms with Gasteiger partial charge in [-0.1, -0.05) is 37.0 Å². The van der Waals surface area contributed by atoms with Crippen LogP contribution in [0.15, 0.2) is 24.3 Å². The molecule has 0 radical (unpaired) electrons. The average Bonchev–Trinajstić information content (AvgIpc) is 2.60. The molecule has 0 unspecified atom stereocenters. The molecule has 27 heavy (non-hydrogen) atoms. The van der Waals surface area contributed by atoms with Gasteiger partial charge in [0.15, 0.2) is 5.75 Å². The van der Waals surface area contributed by atoms with Gasteiger partial charge in [-0.2, -0.15) is 0 Å². The molecule has 6 nitrogen and oxygen atoms in total. The van der Waals surface area contributed by atoms with Crippen molar-refractivity contribution in [1.29, 1.82) is 0 Å². The molecule has 1 amide bonds. The van der Waals surface area contributed by atoms with E-state index in [1.807, 2.05) is 13.8 Å². The predicted octanol–water partition coefficient (Wildman–Crippen LogP) is 4.74. The molecule has 0 saturated heterocycles. The Morgan fingerprint density at radius 2 is 1.89 bits per heavy atom. The number of ether oxygens (including phenoxy) is 1. The van der Waals surface area contributed by atoms with Gasteiger partial charge in [0.1, 0.15) is 18.0 Å². The molecule has 0 fully saturated rings. The second kappa shape index (κ2) is 8.50. The Balaban J connectivity index is 2.37. The van der Waals surface area contributed by atoms with E-state index in [0.717, 1.165) is 0 Å². The van der Waals surface area contributed by atoms with Crippen LogP contribution >= 0.6 is 23.2 Å². The average molecular weight is 412 g/mol. The van der Waals surface area contributed by atoms with Crippen LogP contribution in [0.5, 0.6) is 17.2 Å². The van der Waals surface area contributed by atoms with Crippen LogP contribution in [-0.2, 0) is 4.79 Å². The van der Waals surface area contributed by atoms with Crippen molar-refractivity contribution in [2.45, 2.75) is 26.7 Å². The summed E-state index contributed by atoms with van der Waals surface area (Å²) < 4.78 is 5.80. The highest BCUT2D eigenvalue weighted by atomic mass is 35.5. The van der Waals surface area contributed by atoms with E-state index in [1.165, 1.54) is 12.1 Å². The first-order chi connectivity index (χ1) is 12.6. The summed E-state index contributed by atoms with van der Waals surface area (Å²) in [6, 6.07) is 6.16. The fraction of sp³-hybridized carbons (Fsp3) is 0.263. The van der Waals surface area contributed by atoms with Gasteiger partial charge in [-0.3, -0.25) is 9.59 Å². The lowest BCUT2D eigenvalue weighted by atomic mass is 10.0. The van der Waals surface area contributed by atoms with Gasteiger partial charge in [-0.15, -0.1) is 0 Å². The first-order valence-corrected chi connectivity index (χ1v) is 8.86. The number of hydrogen-bond acceptors (Lipinski definition) is 4. The first-order valence-electron chi connectivity index (χ1n) is 8.11. The van der Waals surface area contributed by atoms with E-state index < -0.39 is 18.4 Å². The van der Waals surface area contributed by atoms with Crippen LogP contribution in [0, 0.1) is 6.92 Å². The number of halogens is 2. The summed E-state index contributed by atoms with van der Waals surface area (Å²) in [7, 11) is 0. The number of rotatable bonds is 6. The molecule has 0 saturated carbocycles. The number of carbonyl (C=O) groups excluding carboxylic acids is 1. The third kappa shape index (κ3) is 4.84. The normalized spacial score (nSPS) is 10.7. The van der Waals surface area contributed by atoms with Crippen molar-refractivity contribution in [3.8, 4) is 17.2 Å². The van der Waals surface area contributed by atoms with Crippen molar-refractivity contribution in [1.82, 2.24) is 5.32 Å². The lowest BCUT2D eigenvalue weighted by Crippen LogP contribution is -2.29. The molecule has 0 aromatic heterocycles. The van der Waals surface area contributed by atoms with E-state index in [4.69, 9.17) is 33.0 Å². The molecular weight excluding hydrogens is 393 g/mol. The fourth-order valence-corrected chi connectivity index (χ4v) is 2.98. The molecule has 0 spiro atoms. The number of carboxylic acids is 1. The summed E-state index contributed by atoms with van der Waals surface area (Å²) in [5, 5.41) is 21.1. The summed E-state index contributed by atoms with van der Waals surface area (Å²) >= 11 is 12.6. The van der Waals surface area contributed by atoms with E-state index in [0.29, 0.717) is 16.9 Å². The molecule has 2 aromatic carbocycles. The van der Waals surface area contributed by atoms with Gasteiger partial charge in [0.25, 0.3) is 5.91 Å². The van der Waals surface area contributed by atoms with Crippen LogP contribution in [-0.4, -0.2) is 28.6 Å². The molecule has 144 valence electrons. The molecule has 0 aliphatic rings. The third-order valence-corrected chi connectivity index (χ3v) is 4.64. The maximum atomic E-state index is 12.1. The summed E-state index contributed by atoms with van der Waals surface area (Å²) in [5.74, 6) is -0.907. The zero-order valence-electron chi connectivity index (χ0n) is 15.0. The maximum absolute atomic E-state index is 12.1. The van der Waals surface area contributed by atoms with Crippen LogP contribution in [0.3, 0.4) is 0 Å². The van der Waals surface area contributed by atoms with Gasteiger partial charge >= 0.3 is 5.97 Å². The maximum Gasteiger partial charge on any atom is 0.322 e. The first kappa shape index (κ1) is 20.9. The standard InChI is InChI=1S/C19H19Cl2NO5/c1-9(2)12-6-11(4-5-15(12)23)27-18-14(20)7-13(10(3)17(18)21)19(26)22-8-16(24)25/h4-7,9,23H,8H2,1-3H3,(H,22,26)(H,24,25). The molecule has 0 atom stereocenters. The minimum atomic E-state index is -1.16. The third-order valence-electron chi connectivity index (χ3n) is 3.91. The van der Waals surface area contributed by atoms with Crippen LogP contribution in [0.4, 0.5) is 0 Å². The van der Waals surface area contributed by atoms with Gasteiger partial charge < -0.3 is 20.3 Å². The number of hydrogen-bond donors (Lipinski definition) is 3. The highest BCUT2D eigenvalue weighted by Gasteiger charge is 2.20. The molecule has 8 heteroatoms. The number of aromatic hydroxyl groups is 1. The Labute approximate surface area is 166 Å². The largest absolute Gasteiger partial charge is 0.508 e. The van der Waals surface area contributed by atoms with Gasteiger partial charge in [-0.05, 0) is 42.7 Å².